The Morgan fingerprint density at radius 2 is 1.40 bits per heavy atom. The molecule has 0 bridgehead atoms. The van der Waals surface area contributed by atoms with Crippen LogP contribution in [0.1, 0.15) is 59.1 Å². The second-order valence-electron chi connectivity index (χ2n) is 7.57. The summed E-state index contributed by atoms with van der Waals surface area (Å²) in [7, 11) is 1.66. The van der Waals surface area contributed by atoms with Crippen molar-refractivity contribution in [1.29, 1.82) is 0 Å². The number of hydrogen-bond acceptors (Lipinski definition) is 2. The third kappa shape index (κ3) is 9.82. The minimum absolute atomic E-state index is 0. The van der Waals surface area contributed by atoms with Crippen LogP contribution in [0.3, 0.4) is 0 Å². The maximum atomic E-state index is 10.4. The smallest absolute Gasteiger partial charge is 0.123 e. The van der Waals surface area contributed by atoms with Crippen LogP contribution in [0, 0.1) is 6.08 Å². The van der Waals surface area contributed by atoms with Crippen molar-refractivity contribution in [3.05, 3.63) is 47.6 Å². The number of phenolic OH excluding ortho intramolecular Hbond substituents is 1. The van der Waals surface area contributed by atoms with Crippen LogP contribution in [-0.2, 0) is 32.5 Å². The fraction of sp³-hybridized carbons (Fsp3) is 0.500. The third-order valence-electron chi connectivity index (χ3n) is 3.52. The summed E-state index contributed by atoms with van der Waals surface area (Å²) < 4.78 is 5.33. The molecule has 1 aliphatic carbocycles. The summed E-state index contributed by atoms with van der Waals surface area (Å²) >= 11 is 0. The number of benzene rings is 1. The topological polar surface area (TPSA) is 29.5 Å². The first kappa shape index (κ1) is 30.2. The summed E-state index contributed by atoms with van der Waals surface area (Å²) in [5.41, 5.74) is 1.67. The number of rotatable bonds is 1. The quantitative estimate of drug-likeness (QED) is 0.262. The predicted octanol–water partition coefficient (Wildman–Crippen LogP) is -0.693. The minimum atomic E-state index is -0.0986. The van der Waals surface area contributed by atoms with Crippen LogP contribution < -0.4 is 52.7 Å². The largest absolute Gasteiger partial charge is 1.00 e. The molecule has 1 aliphatic rings. The Hall–Kier alpha value is 0.474. The molecule has 0 fully saturated rings. The molecule has 0 unspecified atom stereocenters. The number of ether oxygens (including phenoxy) is 1. The summed E-state index contributed by atoms with van der Waals surface area (Å²) in [6, 6.07) is 3.84. The summed E-state index contributed by atoms with van der Waals surface area (Å²) in [6.07, 6.45) is 10.0. The molecule has 25 heavy (non-hydrogen) atoms. The monoisotopic (exact) mass is 603 g/mol. The van der Waals surface area contributed by atoms with Crippen LogP contribution in [0.5, 0.6) is 11.5 Å². The second-order valence-corrected chi connectivity index (χ2v) is 7.57. The number of methoxy groups -OCH3 is 1. The molecule has 0 saturated carbocycles. The van der Waals surface area contributed by atoms with Gasteiger partial charge in [-0.15, -0.1) is 6.42 Å². The second kappa shape index (κ2) is 12.8. The molecule has 2 rings (SSSR count). The number of phenols is 1. The molecule has 0 aliphatic heterocycles. The fourth-order valence-electron chi connectivity index (χ4n) is 2.21. The van der Waals surface area contributed by atoms with E-state index < -0.39 is 0 Å². The molecule has 1 N–H and O–H groups in total. The van der Waals surface area contributed by atoms with Crippen molar-refractivity contribution < 1.29 is 79.5 Å². The van der Waals surface area contributed by atoms with Gasteiger partial charge in [-0.3, -0.25) is 6.08 Å². The van der Waals surface area contributed by atoms with Gasteiger partial charge in [-0.1, -0.05) is 41.5 Å². The fourth-order valence-corrected chi connectivity index (χ4v) is 2.21. The standard InChI is InChI=1S/C15H24O2.C5H5.2HI.Ti/c1-14(2,3)11-8-10(17-7)9-12(13(11)16)15(4,5)6;1-2-4-5-3-1;;;/h8-9,16H,1-7H3;1-3H,4H2;2*1H;/q;-1;;;/p-2. The number of halogens is 2. The zero-order valence-corrected chi connectivity index (χ0v) is 22.1. The maximum absolute atomic E-state index is 10.4. The van der Waals surface area contributed by atoms with Crippen LogP contribution in [-0.4, -0.2) is 12.2 Å². The van der Waals surface area contributed by atoms with E-state index in [1.54, 1.807) is 7.11 Å². The van der Waals surface area contributed by atoms with Gasteiger partial charge in [0, 0.05) is 32.8 Å². The van der Waals surface area contributed by atoms with Crippen LogP contribution in [0.4, 0.5) is 0 Å². The van der Waals surface area contributed by atoms with Gasteiger partial charge in [0.2, 0.25) is 0 Å². The van der Waals surface area contributed by atoms with Crippen LogP contribution in [0.2, 0.25) is 0 Å². The van der Waals surface area contributed by atoms with Crippen molar-refractivity contribution in [2.75, 3.05) is 7.11 Å². The molecular weight excluding hydrogens is 574 g/mol. The van der Waals surface area contributed by atoms with E-state index in [1.165, 1.54) is 0 Å². The summed E-state index contributed by atoms with van der Waals surface area (Å²) in [4.78, 5) is 0. The van der Waals surface area contributed by atoms with Crippen molar-refractivity contribution in [3.63, 3.8) is 0 Å². The van der Waals surface area contributed by atoms with Gasteiger partial charge in [-0.2, -0.15) is 6.08 Å². The average Bonchev–Trinajstić information content (AvgIpc) is 2.95. The Morgan fingerprint density at radius 1 is 0.960 bits per heavy atom. The van der Waals surface area contributed by atoms with Crippen LogP contribution >= 0.6 is 0 Å². The van der Waals surface area contributed by atoms with Gasteiger partial charge >= 0.3 is 0 Å². The first-order valence-electron chi connectivity index (χ1n) is 7.71. The molecule has 0 aromatic heterocycles. The summed E-state index contributed by atoms with van der Waals surface area (Å²) in [6.45, 7) is 12.5. The Kier molecular flexibility index (Phi) is 15.5. The van der Waals surface area contributed by atoms with E-state index in [0.717, 1.165) is 23.3 Å². The van der Waals surface area contributed by atoms with E-state index >= 15 is 0 Å². The Labute approximate surface area is 202 Å². The van der Waals surface area contributed by atoms with Crippen LogP contribution in [0.15, 0.2) is 30.4 Å². The van der Waals surface area contributed by atoms with Crippen LogP contribution in [0.25, 0.3) is 0 Å². The number of aromatic hydroxyl groups is 1. The Balaban J connectivity index is -0.000000522. The molecule has 0 radical (unpaired) electrons. The zero-order chi connectivity index (χ0) is 17.0. The summed E-state index contributed by atoms with van der Waals surface area (Å²) in [5.74, 6) is 1.20. The molecule has 5 heteroatoms. The molecule has 0 spiro atoms. The van der Waals surface area contributed by atoms with E-state index in [4.69, 9.17) is 4.74 Å². The van der Waals surface area contributed by atoms with E-state index in [2.05, 4.69) is 53.7 Å². The van der Waals surface area contributed by atoms with Crippen molar-refractivity contribution in [2.45, 2.75) is 58.8 Å². The van der Waals surface area contributed by atoms with E-state index in [0.29, 0.717) is 5.75 Å². The van der Waals surface area contributed by atoms with Crippen molar-refractivity contribution >= 4 is 0 Å². The van der Waals surface area contributed by atoms with E-state index in [1.807, 2.05) is 24.3 Å². The minimum Gasteiger partial charge on any atom is -1.00 e. The van der Waals surface area contributed by atoms with Gasteiger partial charge < -0.3 is 57.8 Å². The Morgan fingerprint density at radius 3 is 1.60 bits per heavy atom. The summed E-state index contributed by atoms with van der Waals surface area (Å²) in [5, 5.41) is 10.4. The van der Waals surface area contributed by atoms with Crippen molar-refractivity contribution in [3.8, 4) is 11.5 Å². The molecule has 0 saturated heterocycles. The van der Waals surface area contributed by atoms with Gasteiger partial charge in [0.05, 0.1) is 7.11 Å². The van der Waals surface area contributed by atoms with Gasteiger partial charge in [0.15, 0.2) is 0 Å². The Bertz CT molecular complexity index is 523. The van der Waals surface area contributed by atoms with Gasteiger partial charge in [0.1, 0.15) is 11.5 Å². The molecule has 2 nitrogen and oxygen atoms in total. The molecule has 142 valence electrons. The molecule has 0 amide bonds. The molecule has 0 atom stereocenters. The van der Waals surface area contributed by atoms with Gasteiger partial charge in [0.25, 0.3) is 0 Å². The third-order valence-corrected chi connectivity index (χ3v) is 3.52. The van der Waals surface area contributed by atoms with Crippen molar-refractivity contribution in [2.24, 2.45) is 0 Å². The predicted molar refractivity (Wildman–Crippen MR) is 93.6 cm³/mol. The average molecular weight is 603 g/mol. The molecule has 0 heterocycles. The SMILES string of the molecule is COc1cc(C(C)(C)C)c(O)c(C(C)(C)C)c1.[C-]1=CC=CC1.[I-].[I-].[Ti]. The first-order chi connectivity index (χ1) is 10.1. The van der Waals surface area contributed by atoms with Gasteiger partial charge in [-0.25, -0.2) is 12.2 Å². The van der Waals surface area contributed by atoms with Gasteiger partial charge in [-0.05, 0) is 23.0 Å². The molecular formula is C20H29I2O2Ti-3. The van der Waals surface area contributed by atoms with Crippen molar-refractivity contribution in [1.82, 2.24) is 0 Å². The molecule has 1 aromatic rings. The van der Waals surface area contributed by atoms with E-state index in [9.17, 15) is 5.11 Å². The first-order valence-corrected chi connectivity index (χ1v) is 7.71. The number of hydrogen-bond donors (Lipinski definition) is 1. The zero-order valence-electron chi connectivity index (χ0n) is 16.2. The number of allylic oxidation sites excluding steroid dienone is 4. The molecule has 1 aromatic carbocycles. The maximum Gasteiger partial charge on any atom is 0.123 e. The van der Waals surface area contributed by atoms with E-state index in [-0.39, 0.29) is 80.5 Å². The normalized spacial score (nSPS) is 12.1.